The molecule has 4 aromatic carbocycles. The highest BCUT2D eigenvalue weighted by Gasteiger charge is 2.38. The van der Waals surface area contributed by atoms with Crippen molar-refractivity contribution in [1.29, 1.82) is 0 Å². The van der Waals surface area contributed by atoms with Crippen LogP contribution in [0.1, 0.15) is 32.4 Å². The molecule has 0 aliphatic carbocycles. The summed E-state index contributed by atoms with van der Waals surface area (Å²) in [6.07, 6.45) is 2.84. The van der Waals surface area contributed by atoms with E-state index < -0.39 is 24.3 Å². The van der Waals surface area contributed by atoms with Crippen LogP contribution in [-0.4, -0.2) is 23.1 Å². The van der Waals surface area contributed by atoms with Crippen molar-refractivity contribution >= 4 is 31.3 Å². The fourth-order valence-corrected chi connectivity index (χ4v) is 8.22. The highest BCUT2D eigenvalue weighted by atomic mass is 32.3. The Morgan fingerprint density at radius 1 is 0.657 bits per heavy atom. The van der Waals surface area contributed by atoms with Gasteiger partial charge in [-0.15, -0.1) is 0 Å². The van der Waals surface area contributed by atoms with E-state index >= 15 is 0 Å². The summed E-state index contributed by atoms with van der Waals surface area (Å²) in [5.41, 5.74) is 4.37. The second-order valence-corrected chi connectivity index (χ2v) is 12.9. The van der Waals surface area contributed by atoms with Crippen molar-refractivity contribution in [3.05, 3.63) is 137 Å². The van der Waals surface area contributed by atoms with Crippen LogP contribution in [-0.2, 0) is 19.7 Å². The first-order chi connectivity index (χ1) is 16.7. The number of hydrogen-bond acceptors (Lipinski definition) is 4. The molecular formula is C29H26O4S2. The van der Waals surface area contributed by atoms with Crippen LogP contribution in [0.2, 0.25) is 0 Å². The van der Waals surface area contributed by atoms with Gasteiger partial charge in [-0.05, 0) is 53.0 Å². The van der Waals surface area contributed by atoms with Crippen molar-refractivity contribution in [1.82, 2.24) is 0 Å². The minimum atomic E-state index is -4.23. The van der Waals surface area contributed by atoms with Gasteiger partial charge in [0.05, 0.1) is 4.90 Å². The Labute approximate surface area is 207 Å². The predicted octanol–water partition coefficient (Wildman–Crippen LogP) is 6.10. The summed E-state index contributed by atoms with van der Waals surface area (Å²) in [6, 6.07) is 32.5. The maximum Gasteiger partial charge on any atom is 0.199 e. The van der Waals surface area contributed by atoms with Crippen LogP contribution >= 0.6 is 0 Å². The molecule has 4 aromatic rings. The molecule has 0 aromatic heterocycles. The lowest BCUT2D eigenvalue weighted by Crippen LogP contribution is -2.23. The van der Waals surface area contributed by atoms with E-state index in [0.717, 1.165) is 28.5 Å². The Morgan fingerprint density at radius 3 is 1.66 bits per heavy atom. The van der Waals surface area contributed by atoms with Gasteiger partial charge < -0.3 is 0 Å². The Balaban J connectivity index is 1.95. The zero-order valence-corrected chi connectivity index (χ0v) is 21.1. The van der Waals surface area contributed by atoms with E-state index in [1.165, 1.54) is 12.1 Å². The third-order valence-corrected chi connectivity index (χ3v) is 10.3. The average molecular weight is 503 g/mol. The lowest BCUT2D eigenvalue weighted by atomic mass is 9.94. The van der Waals surface area contributed by atoms with E-state index in [-0.39, 0.29) is 10.5 Å². The molecule has 4 rings (SSSR count). The molecule has 0 spiro atoms. The molecule has 178 valence electrons. The van der Waals surface area contributed by atoms with Crippen molar-refractivity contribution in [2.75, 3.05) is 6.26 Å². The lowest BCUT2D eigenvalue weighted by Gasteiger charge is -2.20. The molecule has 1 atom stereocenters. The standard InChI is InChI=1S/C29H26O4S2/c1-22-17-19-26(20-18-22)35(32,33)29(34(2,30)31)27-16-10-9-15-25(27)21-28(23-11-5-3-6-12-23)24-13-7-4-8-14-24/h3-21,29H,1-2H3. The van der Waals surface area contributed by atoms with Gasteiger partial charge in [0.2, 0.25) is 0 Å². The van der Waals surface area contributed by atoms with E-state index in [2.05, 4.69) is 0 Å². The van der Waals surface area contributed by atoms with Crippen LogP contribution in [0.25, 0.3) is 11.6 Å². The maximum atomic E-state index is 13.7. The van der Waals surface area contributed by atoms with Crippen LogP contribution in [0.5, 0.6) is 0 Å². The molecule has 0 heterocycles. The molecule has 4 nitrogen and oxygen atoms in total. The predicted molar refractivity (Wildman–Crippen MR) is 142 cm³/mol. The molecular weight excluding hydrogens is 476 g/mol. The summed E-state index contributed by atoms with van der Waals surface area (Å²) < 4.78 is 51.6. The fourth-order valence-electron chi connectivity index (χ4n) is 4.06. The van der Waals surface area contributed by atoms with Crippen LogP contribution in [0.3, 0.4) is 0 Å². The van der Waals surface area contributed by atoms with E-state index in [0.29, 0.717) is 5.56 Å². The quantitative estimate of drug-likeness (QED) is 0.286. The molecule has 0 aliphatic rings. The van der Waals surface area contributed by atoms with E-state index in [9.17, 15) is 16.8 Å². The van der Waals surface area contributed by atoms with Gasteiger partial charge in [-0.3, -0.25) is 0 Å². The van der Waals surface area contributed by atoms with Gasteiger partial charge >= 0.3 is 0 Å². The molecule has 0 aliphatic heterocycles. The molecule has 1 unspecified atom stereocenters. The van der Waals surface area contributed by atoms with Crippen molar-refractivity contribution in [2.24, 2.45) is 0 Å². The van der Waals surface area contributed by atoms with Crippen LogP contribution in [0.15, 0.2) is 114 Å². The van der Waals surface area contributed by atoms with Crippen molar-refractivity contribution in [3.8, 4) is 0 Å². The second kappa shape index (κ2) is 10.0. The fraction of sp³-hybridized carbons (Fsp3) is 0.103. The first-order valence-corrected chi connectivity index (χ1v) is 14.6. The summed E-state index contributed by atoms with van der Waals surface area (Å²) in [5, 5.41) is 0. The van der Waals surface area contributed by atoms with Crippen LogP contribution < -0.4 is 0 Å². The average Bonchev–Trinajstić information content (AvgIpc) is 2.84. The van der Waals surface area contributed by atoms with Crippen LogP contribution in [0, 0.1) is 6.92 Å². The van der Waals surface area contributed by atoms with Crippen molar-refractivity contribution < 1.29 is 16.8 Å². The Morgan fingerprint density at radius 2 is 1.14 bits per heavy atom. The minimum Gasteiger partial charge on any atom is -0.227 e. The topological polar surface area (TPSA) is 68.3 Å². The van der Waals surface area contributed by atoms with E-state index in [1.807, 2.05) is 73.7 Å². The SMILES string of the molecule is Cc1ccc(S(=O)(=O)C(c2ccccc2C=C(c2ccccc2)c2ccccc2)S(C)(=O)=O)cc1. The summed E-state index contributed by atoms with van der Waals surface area (Å²) in [6.45, 7) is 1.85. The second-order valence-electron chi connectivity index (χ2n) is 8.44. The molecule has 0 bridgehead atoms. The maximum absolute atomic E-state index is 13.7. The van der Waals surface area contributed by atoms with E-state index in [1.54, 1.807) is 36.4 Å². The number of benzene rings is 4. The largest absolute Gasteiger partial charge is 0.227 e. The number of rotatable bonds is 7. The molecule has 0 saturated carbocycles. The third kappa shape index (κ3) is 5.45. The zero-order chi connectivity index (χ0) is 25.1. The summed E-state index contributed by atoms with van der Waals surface area (Å²) >= 11 is 0. The van der Waals surface area contributed by atoms with Crippen molar-refractivity contribution in [3.63, 3.8) is 0 Å². The molecule has 0 radical (unpaired) electrons. The summed E-state index contributed by atoms with van der Waals surface area (Å²) in [5.74, 6) is 0. The lowest BCUT2D eigenvalue weighted by molar-refractivity contribution is 0.579. The minimum absolute atomic E-state index is 0.0244. The number of aryl methyl sites for hydroxylation is 1. The third-order valence-electron chi connectivity index (χ3n) is 5.74. The van der Waals surface area contributed by atoms with Gasteiger partial charge in [-0.2, -0.15) is 0 Å². The van der Waals surface area contributed by atoms with Gasteiger partial charge in [-0.25, -0.2) is 16.8 Å². The molecule has 35 heavy (non-hydrogen) atoms. The zero-order valence-electron chi connectivity index (χ0n) is 19.5. The van der Waals surface area contributed by atoms with Gasteiger partial charge in [-0.1, -0.05) is 103 Å². The Bertz CT molecular complexity index is 1510. The molecule has 6 heteroatoms. The molecule has 0 fully saturated rings. The number of hydrogen-bond donors (Lipinski definition) is 0. The van der Waals surface area contributed by atoms with Gasteiger partial charge in [0.15, 0.2) is 24.3 Å². The van der Waals surface area contributed by atoms with Gasteiger partial charge in [0.25, 0.3) is 0 Å². The highest BCUT2D eigenvalue weighted by Crippen LogP contribution is 2.37. The molecule has 0 N–H and O–H groups in total. The number of sulfone groups is 2. The summed E-state index contributed by atoms with van der Waals surface area (Å²) in [4.78, 5) is -0.0244. The van der Waals surface area contributed by atoms with Crippen molar-refractivity contribution in [2.45, 2.75) is 16.4 Å². The molecule has 0 saturated heterocycles. The Hall–Kier alpha value is -3.48. The Kier molecular flexibility index (Phi) is 7.05. The van der Waals surface area contributed by atoms with E-state index in [4.69, 9.17) is 0 Å². The highest BCUT2D eigenvalue weighted by molar-refractivity contribution is 8.08. The monoisotopic (exact) mass is 502 g/mol. The molecule has 0 amide bonds. The first kappa shape index (κ1) is 24.6. The normalized spacial score (nSPS) is 12.6. The summed E-state index contributed by atoms with van der Waals surface area (Å²) in [7, 11) is -8.27. The first-order valence-electron chi connectivity index (χ1n) is 11.1. The smallest absolute Gasteiger partial charge is 0.199 e. The van der Waals surface area contributed by atoms with Gasteiger partial charge in [0, 0.05) is 6.26 Å². The van der Waals surface area contributed by atoms with Crippen LogP contribution in [0.4, 0.5) is 0 Å². The van der Waals surface area contributed by atoms with Gasteiger partial charge in [0.1, 0.15) is 0 Å².